The molecule has 2 aromatic heterocycles. The summed E-state index contributed by atoms with van der Waals surface area (Å²) < 4.78 is 10.2. The van der Waals surface area contributed by atoms with Crippen molar-refractivity contribution in [3.8, 4) is 5.75 Å². The highest BCUT2D eigenvalue weighted by Crippen LogP contribution is 2.44. The van der Waals surface area contributed by atoms with Crippen LogP contribution in [0.25, 0.3) is 0 Å². The van der Waals surface area contributed by atoms with E-state index in [1.54, 1.807) is 23.3 Å². The molecule has 1 N–H and O–H groups in total. The highest BCUT2D eigenvalue weighted by molar-refractivity contribution is 5.76. The molecule has 8 heteroatoms. The molecule has 1 spiro atoms. The molecule has 28 heavy (non-hydrogen) atoms. The minimum Gasteiger partial charge on any atom is -0.483 e. The van der Waals surface area contributed by atoms with E-state index < -0.39 is 11.7 Å². The van der Waals surface area contributed by atoms with Crippen molar-refractivity contribution in [1.29, 1.82) is 0 Å². The van der Waals surface area contributed by atoms with Gasteiger partial charge in [0, 0.05) is 44.7 Å². The molecule has 0 aromatic carbocycles. The van der Waals surface area contributed by atoms with E-state index in [0.29, 0.717) is 37.8 Å². The van der Waals surface area contributed by atoms with Gasteiger partial charge >= 0.3 is 0 Å². The maximum Gasteiger partial charge on any atom is 0.242 e. The normalized spacial score (nSPS) is 24.3. The molecule has 1 unspecified atom stereocenters. The number of aromatic nitrogens is 4. The third kappa shape index (κ3) is 3.19. The predicted octanol–water partition coefficient (Wildman–Crippen LogP) is 2.07. The number of piperidine rings is 1. The van der Waals surface area contributed by atoms with Gasteiger partial charge in [-0.15, -0.1) is 0 Å². The molecule has 0 bridgehead atoms. The molecular weight excluding hydrogens is 358 g/mol. The summed E-state index contributed by atoms with van der Waals surface area (Å²) in [6.45, 7) is 1.60. The molecule has 8 nitrogen and oxygen atoms in total. The summed E-state index contributed by atoms with van der Waals surface area (Å²) in [5.74, 6) is 0.822. The lowest BCUT2D eigenvalue weighted by Crippen LogP contribution is -2.52. The van der Waals surface area contributed by atoms with Crippen molar-refractivity contribution in [3.05, 3.63) is 30.6 Å². The van der Waals surface area contributed by atoms with E-state index in [1.165, 1.54) is 12.8 Å². The fourth-order valence-electron chi connectivity index (χ4n) is 4.88. The minimum atomic E-state index is -0.598. The molecule has 150 valence electrons. The first-order chi connectivity index (χ1) is 13.6. The number of carbonyl (C=O) groups is 1. The van der Waals surface area contributed by atoms with Gasteiger partial charge in [0.1, 0.15) is 23.9 Å². The fourth-order valence-corrected chi connectivity index (χ4v) is 4.88. The van der Waals surface area contributed by atoms with Gasteiger partial charge < -0.3 is 19.3 Å². The van der Waals surface area contributed by atoms with Gasteiger partial charge in [-0.1, -0.05) is 12.8 Å². The highest BCUT2D eigenvalue weighted by Gasteiger charge is 2.45. The molecular formula is C20H27N5O3. The van der Waals surface area contributed by atoms with E-state index in [4.69, 9.17) is 4.74 Å². The first kappa shape index (κ1) is 17.7. The van der Waals surface area contributed by atoms with Crippen molar-refractivity contribution in [2.24, 2.45) is 0 Å². The maximum atomic E-state index is 12.5. The summed E-state index contributed by atoms with van der Waals surface area (Å²) in [5.41, 5.74) is 0.276. The zero-order chi connectivity index (χ0) is 19.1. The van der Waals surface area contributed by atoms with Crippen LogP contribution in [0.1, 0.15) is 62.8 Å². The van der Waals surface area contributed by atoms with Gasteiger partial charge in [-0.2, -0.15) is 5.10 Å². The molecule has 5 rings (SSSR count). The largest absolute Gasteiger partial charge is 0.483 e. The SMILES string of the molecule is O=C(Cn1ccnc1)N1CCC2(CC1)CC(O)c1nn(C3CCCC3)cc1O2. The summed E-state index contributed by atoms with van der Waals surface area (Å²) in [6, 6.07) is 0.431. The number of hydrogen-bond acceptors (Lipinski definition) is 5. The van der Waals surface area contributed by atoms with Crippen molar-refractivity contribution in [2.75, 3.05) is 13.1 Å². The monoisotopic (exact) mass is 385 g/mol. The molecule has 2 aromatic rings. The quantitative estimate of drug-likeness (QED) is 0.874. The highest BCUT2D eigenvalue weighted by atomic mass is 16.5. The van der Waals surface area contributed by atoms with Crippen molar-refractivity contribution in [1.82, 2.24) is 24.2 Å². The molecule has 1 atom stereocenters. The first-order valence-corrected chi connectivity index (χ1v) is 10.3. The van der Waals surface area contributed by atoms with Crippen LogP contribution in [-0.4, -0.2) is 53.9 Å². The summed E-state index contributed by atoms with van der Waals surface area (Å²) >= 11 is 0. The van der Waals surface area contributed by atoms with Crippen LogP contribution in [0, 0.1) is 0 Å². The van der Waals surface area contributed by atoms with Gasteiger partial charge in [0.05, 0.1) is 18.6 Å². The second kappa shape index (κ2) is 6.92. The zero-order valence-electron chi connectivity index (χ0n) is 16.0. The standard InChI is InChI=1S/C20H27N5O3/c26-16-11-20(28-17-12-25(22-19(16)17)15-3-1-2-4-15)5-8-24(9-6-20)18(27)13-23-10-7-21-14-23/h7,10,12,14-16,26H,1-6,8-9,11,13H2. The van der Waals surface area contributed by atoms with E-state index in [-0.39, 0.29) is 5.91 Å². The Balaban J connectivity index is 1.25. The molecule has 2 aliphatic heterocycles. The summed E-state index contributed by atoms with van der Waals surface area (Å²) in [5, 5.41) is 15.4. The zero-order valence-corrected chi connectivity index (χ0v) is 16.0. The first-order valence-electron chi connectivity index (χ1n) is 10.3. The summed E-state index contributed by atoms with van der Waals surface area (Å²) in [7, 11) is 0. The van der Waals surface area contributed by atoms with Crippen molar-refractivity contribution < 1.29 is 14.6 Å². The summed E-state index contributed by atoms with van der Waals surface area (Å²) in [6.07, 6.45) is 13.3. The van der Waals surface area contributed by atoms with Gasteiger partial charge in [-0.3, -0.25) is 9.48 Å². The number of fused-ring (bicyclic) bond motifs is 1. The van der Waals surface area contributed by atoms with E-state index in [0.717, 1.165) is 31.4 Å². The van der Waals surface area contributed by atoms with Crippen LogP contribution < -0.4 is 4.74 Å². The molecule has 1 aliphatic carbocycles. The number of carbonyl (C=O) groups excluding carboxylic acids is 1. The van der Waals surface area contributed by atoms with Gasteiger partial charge in [-0.25, -0.2) is 4.98 Å². The molecule has 1 saturated heterocycles. The van der Waals surface area contributed by atoms with Crippen LogP contribution >= 0.6 is 0 Å². The van der Waals surface area contributed by atoms with Crippen molar-refractivity contribution in [2.45, 2.75) is 69.2 Å². The molecule has 2 fully saturated rings. The average molecular weight is 385 g/mol. The second-order valence-corrected chi connectivity index (χ2v) is 8.42. The Morgan fingerprint density at radius 1 is 1.29 bits per heavy atom. The van der Waals surface area contributed by atoms with Gasteiger partial charge in [0.2, 0.25) is 5.91 Å². The van der Waals surface area contributed by atoms with Crippen LogP contribution in [0.4, 0.5) is 0 Å². The third-order valence-corrected chi connectivity index (χ3v) is 6.54. The Bertz CT molecular complexity index is 832. The predicted molar refractivity (Wildman–Crippen MR) is 101 cm³/mol. The fraction of sp³-hybridized carbons (Fsp3) is 0.650. The molecule has 1 amide bonds. The van der Waals surface area contributed by atoms with E-state index in [9.17, 15) is 9.90 Å². The molecule has 4 heterocycles. The van der Waals surface area contributed by atoms with Crippen molar-refractivity contribution in [3.63, 3.8) is 0 Å². The topological polar surface area (TPSA) is 85.4 Å². The Hall–Kier alpha value is -2.35. The number of imidazole rings is 1. The van der Waals surface area contributed by atoms with Gasteiger partial charge in [-0.05, 0) is 12.8 Å². The number of nitrogens with zero attached hydrogens (tertiary/aromatic N) is 5. The lowest BCUT2D eigenvalue weighted by molar-refractivity contribution is -0.136. The minimum absolute atomic E-state index is 0.0962. The number of amides is 1. The Morgan fingerprint density at radius 2 is 2.07 bits per heavy atom. The van der Waals surface area contributed by atoms with Gasteiger partial charge in [0.15, 0.2) is 5.75 Å². The number of likely N-dealkylation sites (tertiary alicyclic amines) is 1. The van der Waals surface area contributed by atoms with Crippen LogP contribution in [0.15, 0.2) is 24.9 Å². The molecule has 0 radical (unpaired) electrons. The Morgan fingerprint density at radius 3 is 2.79 bits per heavy atom. The number of aliphatic hydroxyl groups excluding tert-OH is 1. The lowest BCUT2D eigenvalue weighted by atomic mass is 9.83. The van der Waals surface area contributed by atoms with E-state index >= 15 is 0 Å². The average Bonchev–Trinajstić information content (AvgIpc) is 3.43. The Kier molecular flexibility index (Phi) is 4.38. The number of hydrogen-bond donors (Lipinski definition) is 1. The number of aliphatic hydroxyl groups is 1. The van der Waals surface area contributed by atoms with Crippen LogP contribution in [0.5, 0.6) is 5.75 Å². The smallest absolute Gasteiger partial charge is 0.242 e. The summed E-state index contributed by atoms with van der Waals surface area (Å²) in [4.78, 5) is 18.4. The van der Waals surface area contributed by atoms with E-state index in [1.807, 2.05) is 15.8 Å². The second-order valence-electron chi connectivity index (χ2n) is 8.42. The lowest BCUT2D eigenvalue weighted by Gasteiger charge is -2.44. The van der Waals surface area contributed by atoms with Crippen LogP contribution in [0.3, 0.4) is 0 Å². The molecule has 1 saturated carbocycles. The van der Waals surface area contributed by atoms with Crippen LogP contribution in [-0.2, 0) is 11.3 Å². The van der Waals surface area contributed by atoms with Crippen LogP contribution in [0.2, 0.25) is 0 Å². The number of ether oxygens (including phenoxy) is 1. The Labute approximate surface area is 164 Å². The maximum absolute atomic E-state index is 12.5. The molecule has 3 aliphatic rings. The van der Waals surface area contributed by atoms with Crippen molar-refractivity contribution >= 4 is 5.91 Å². The van der Waals surface area contributed by atoms with Gasteiger partial charge in [0.25, 0.3) is 0 Å². The third-order valence-electron chi connectivity index (χ3n) is 6.54. The number of rotatable bonds is 3. The van der Waals surface area contributed by atoms with E-state index in [2.05, 4.69) is 10.1 Å².